The fraction of sp³-hybridized carbons (Fsp3) is 0.111. The molecule has 0 nitrogen and oxygen atoms in total. The zero-order valence-corrected chi connectivity index (χ0v) is 36.4. The van der Waals surface area contributed by atoms with Crippen LogP contribution in [0.4, 0.5) is 0 Å². The lowest BCUT2D eigenvalue weighted by Crippen LogP contribution is -2.25. The molecule has 64 heavy (non-hydrogen) atoms. The molecule has 0 N–H and O–H groups in total. The van der Waals surface area contributed by atoms with E-state index in [1.54, 1.807) is 5.57 Å². The largest absolute Gasteiger partial charge is 0.135 e. The monoisotopic (exact) mass is 834 g/mol. The molecule has 7 aromatic carbocycles. The number of rotatable bonds is 6. The Kier molecular flexibility index (Phi) is 8.98. The molecule has 304 valence electrons. The molecule has 1 aromatic heterocycles. The van der Waals surface area contributed by atoms with Gasteiger partial charge in [0.1, 0.15) is 0 Å². The molecule has 0 radical (unpaired) electrons. The molecule has 0 spiro atoms. The molecule has 1 heteroatoms. The summed E-state index contributed by atoms with van der Waals surface area (Å²) >= 11 is 1.96. The first-order chi connectivity index (χ1) is 31.8. The van der Waals surface area contributed by atoms with Gasteiger partial charge in [-0.1, -0.05) is 212 Å². The van der Waals surface area contributed by atoms with Gasteiger partial charge < -0.3 is 0 Å². The first kappa shape index (κ1) is 37.5. The number of fused-ring (bicyclic) bond motifs is 7. The third-order valence-electron chi connectivity index (χ3n) is 14.7. The predicted molar refractivity (Wildman–Crippen MR) is 272 cm³/mol. The van der Waals surface area contributed by atoms with Gasteiger partial charge in [0.2, 0.25) is 0 Å². The van der Waals surface area contributed by atoms with Crippen LogP contribution in [-0.2, 0) is 6.42 Å². The summed E-state index contributed by atoms with van der Waals surface area (Å²) < 4.78 is 2.74. The van der Waals surface area contributed by atoms with Gasteiger partial charge in [-0.2, -0.15) is 0 Å². The van der Waals surface area contributed by atoms with E-state index in [1.165, 1.54) is 103 Å². The van der Waals surface area contributed by atoms with E-state index in [9.17, 15) is 0 Å². The maximum Gasteiger partial charge on any atom is 0.0358 e. The highest BCUT2D eigenvalue weighted by Crippen LogP contribution is 2.55. The Bertz CT molecular complexity index is 3460. The Morgan fingerprint density at radius 2 is 1.14 bits per heavy atom. The van der Waals surface area contributed by atoms with Crippen LogP contribution in [0.15, 0.2) is 246 Å². The van der Waals surface area contributed by atoms with Gasteiger partial charge in [0.15, 0.2) is 0 Å². The van der Waals surface area contributed by atoms with Crippen molar-refractivity contribution in [2.75, 3.05) is 0 Å². The van der Waals surface area contributed by atoms with Gasteiger partial charge in [0.05, 0.1) is 0 Å². The van der Waals surface area contributed by atoms with Crippen LogP contribution in [-0.4, -0.2) is 0 Å². The summed E-state index contributed by atoms with van der Waals surface area (Å²) in [5.41, 5.74) is 19.7. The average molecular weight is 835 g/mol. The van der Waals surface area contributed by atoms with Gasteiger partial charge >= 0.3 is 0 Å². The van der Waals surface area contributed by atoms with Gasteiger partial charge in [-0.25, -0.2) is 0 Å². The molecule has 1 heterocycles. The second-order valence-electron chi connectivity index (χ2n) is 18.0. The molecule has 5 aliphatic rings. The van der Waals surface area contributed by atoms with Crippen molar-refractivity contribution in [3.8, 4) is 11.1 Å². The van der Waals surface area contributed by atoms with Crippen LogP contribution in [0.1, 0.15) is 58.1 Å². The number of allylic oxidation sites excluding steroid dienone is 15. The summed E-state index contributed by atoms with van der Waals surface area (Å²) in [6.45, 7) is 0. The van der Waals surface area contributed by atoms with Crippen LogP contribution in [0.2, 0.25) is 0 Å². The Hall–Kier alpha value is -7.06. The minimum atomic E-state index is 0.182. The molecular formula is C63H46S. The van der Waals surface area contributed by atoms with Crippen molar-refractivity contribution in [1.29, 1.82) is 0 Å². The first-order valence-electron chi connectivity index (χ1n) is 23.0. The summed E-state index contributed by atoms with van der Waals surface area (Å²) in [4.78, 5) is 0. The average Bonchev–Trinajstić information content (AvgIpc) is 3.76. The van der Waals surface area contributed by atoms with Crippen molar-refractivity contribution in [1.82, 2.24) is 0 Å². The molecule has 13 rings (SSSR count). The van der Waals surface area contributed by atoms with E-state index in [-0.39, 0.29) is 23.7 Å². The first-order valence-corrected chi connectivity index (χ1v) is 23.8. The van der Waals surface area contributed by atoms with Crippen molar-refractivity contribution in [2.24, 2.45) is 11.8 Å². The summed E-state index contributed by atoms with van der Waals surface area (Å²) in [5, 5.41) is 5.55. The van der Waals surface area contributed by atoms with Crippen molar-refractivity contribution >= 4 is 47.9 Å². The number of hydrogen-bond acceptors (Lipinski definition) is 1. The zero-order valence-electron chi connectivity index (χ0n) is 35.6. The minimum absolute atomic E-state index is 0.182. The van der Waals surface area contributed by atoms with Gasteiger partial charge in [0, 0.05) is 43.8 Å². The van der Waals surface area contributed by atoms with Crippen molar-refractivity contribution in [3.05, 3.63) is 280 Å². The maximum atomic E-state index is 2.50. The van der Waals surface area contributed by atoms with Gasteiger partial charge in [-0.05, 0) is 115 Å². The lowest BCUT2D eigenvalue weighted by molar-refractivity contribution is 0.598. The van der Waals surface area contributed by atoms with Crippen LogP contribution in [0, 0.1) is 11.8 Å². The van der Waals surface area contributed by atoms with Crippen LogP contribution in [0.25, 0.3) is 47.6 Å². The molecular weight excluding hydrogens is 789 g/mol. The lowest BCUT2D eigenvalue weighted by Gasteiger charge is -2.40. The van der Waals surface area contributed by atoms with Crippen LogP contribution >= 0.6 is 11.3 Å². The third-order valence-corrected chi connectivity index (χ3v) is 15.9. The Balaban J connectivity index is 0.975. The quantitative estimate of drug-likeness (QED) is 0.157. The minimum Gasteiger partial charge on any atom is -0.135 e. The van der Waals surface area contributed by atoms with E-state index in [1.807, 2.05) is 11.3 Å². The molecule has 5 aliphatic carbocycles. The van der Waals surface area contributed by atoms with E-state index >= 15 is 0 Å². The van der Waals surface area contributed by atoms with E-state index in [2.05, 4.69) is 218 Å². The molecule has 4 unspecified atom stereocenters. The number of hydrogen-bond donors (Lipinski definition) is 0. The molecule has 0 saturated carbocycles. The topological polar surface area (TPSA) is 0 Å². The van der Waals surface area contributed by atoms with E-state index < -0.39 is 0 Å². The highest BCUT2D eigenvalue weighted by molar-refractivity contribution is 7.25. The van der Waals surface area contributed by atoms with Gasteiger partial charge in [-0.3, -0.25) is 0 Å². The number of benzene rings is 7. The molecule has 0 saturated heterocycles. The van der Waals surface area contributed by atoms with Crippen molar-refractivity contribution in [3.63, 3.8) is 0 Å². The Labute approximate surface area is 379 Å². The third kappa shape index (κ3) is 5.88. The summed E-state index contributed by atoms with van der Waals surface area (Å²) in [6, 6.07) is 59.3. The SMILES string of the molecule is C1=CC2=C(Cc3cccc4sc5cccc(C6c7ccccc7C(c7ccccc7)=C7C=CC=CC76)c5c34)C3=C(CCC=C3)C(c3ccc(-c4ccccc4)c4ccccc34)C2C=C1. The molecule has 0 fully saturated rings. The molecule has 0 amide bonds. The van der Waals surface area contributed by atoms with E-state index in [0.29, 0.717) is 0 Å². The fourth-order valence-corrected chi connectivity index (χ4v) is 13.3. The predicted octanol–water partition coefficient (Wildman–Crippen LogP) is 16.6. The van der Waals surface area contributed by atoms with E-state index in [0.717, 1.165) is 19.3 Å². The van der Waals surface area contributed by atoms with Crippen LogP contribution in [0.3, 0.4) is 0 Å². The zero-order chi connectivity index (χ0) is 42.1. The van der Waals surface area contributed by atoms with Crippen molar-refractivity contribution in [2.45, 2.75) is 31.1 Å². The summed E-state index contributed by atoms with van der Waals surface area (Å²) in [5.74, 6) is 0.937. The summed E-state index contributed by atoms with van der Waals surface area (Å²) in [6.07, 6.45) is 26.8. The second kappa shape index (κ2) is 15.3. The number of thiophene rings is 1. The Morgan fingerprint density at radius 1 is 0.469 bits per heavy atom. The highest BCUT2D eigenvalue weighted by atomic mass is 32.1. The molecule has 8 aromatic rings. The van der Waals surface area contributed by atoms with Crippen LogP contribution in [0.5, 0.6) is 0 Å². The Morgan fingerprint density at radius 3 is 1.97 bits per heavy atom. The summed E-state index contributed by atoms with van der Waals surface area (Å²) in [7, 11) is 0. The van der Waals surface area contributed by atoms with Gasteiger partial charge in [0.25, 0.3) is 0 Å². The highest BCUT2D eigenvalue weighted by Gasteiger charge is 2.39. The second-order valence-corrected chi connectivity index (χ2v) is 19.1. The van der Waals surface area contributed by atoms with Gasteiger partial charge in [-0.15, -0.1) is 11.3 Å². The fourth-order valence-electron chi connectivity index (χ4n) is 12.2. The normalized spacial score (nSPS) is 20.9. The molecule has 0 bridgehead atoms. The smallest absolute Gasteiger partial charge is 0.0358 e. The van der Waals surface area contributed by atoms with Crippen LogP contribution < -0.4 is 0 Å². The molecule has 0 aliphatic heterocycles. The standard InChI is InChI=1S/C63H46S/c1-3-19-40(20-4-1)43-37-38-54(45-25-8-7-24-44(43)45)61-48-28-11-9-26-46(48)56(47-27-10-12-29-49(47)61)39-42-23-17-35-57-60(42)63-55(34-18-36-58(63)64-57)62-52-32-15-13-30-50(52)59(41-21-5-2-6-22-41)51-31-14-16-33-53(51)62/h1-11,13-28,30-38,48,52,61-62H,12,29,39H2. The lowest BCUT2D eigenvalue weighted by atomic mass is 9.64. The maximum absolute atomic E-state index is 2.50. The van der Waals surface area contributed by atoms with Crippen molar-refractivity contribution < 1.29 is 0 Å². The van der Waals surface area contributed by atoms with E-state index in [4.69, 9.17) is 0 Å². The molecule has 4 atom stereocenters.